The highest BCUT2D eigenvalue weighted by Gasteiger charge is 2.38. The van der Waals surface area contributed by atoms with Crippen LogP contribution in [0.25, 0.3) is 6.08 Å². The van der Waals surface area contributed by atoms with Crippen LogP contribution in [0.2, 0.25) is 0 Å². The second-order valence-corrected chi connectivity index (χ2v) is 9.17. The summed E-state index contributed by atoms with van der Waals surface area (Å²) < 4.78 is 20.1. The molecule has 0 bridgehead atoms. The fourth-order valence-corrected chi connectivity index (χ4v) is 5.11. The molecule has 5 rings (SSSR count). The van der Waals surface area contributed by atoms with Crippen molar-refractivity contribution in [1.82, 2.24) is 20.1 Å². The Bertz CT molecular complexity index is 1050. The molecule has 0 spiro atoms. The van der Waals surface area contributed by atoms with Crippen LogP contribution in [0.5, 0.6) is 0 Å². The van der Waals surface area contributed by atoms with E-state index in [1.165, 1.54) is 6.08 Å². The third-order valence-electron chi connectivity index (χ3n) is 6.08. The van der Waals surface area contributed by atoms with Crippen LogP contribution in [-0.2, 0) is 20.9 Å². The summed E-state index contributed by atoms with van der Waals surface area (Å²) in [6, 6.07) is 2.00. The number of H-pyrrole nitrogens is 1. The third kappa shape index (κ3) is 4.17. The maximum atomic E-state index is 14.7. The number of allylic oxidation sites excluding steroid dienone is 1. The summed E-state index contributed by atoms with van der Waals surface area (Å²) >= 11 is 0.931. The molecule has 0 aromatic carbocycles. The molecule has 2 saturated heterocycles. The van der Waals surface area contributed by atoms with E-state index in [0.29, 0.717) is 16.8 Å². The van der Waals surface area contributed by atoms with E-state index in [1.54, 1.807) is 6.08 Å². The van der Waals surface area contributed by atoms with Crippen LogP contribution in [0.1, 0.15) is 17.7 Å². The SMILES string of the molecule is O=C1NC2=C(CC(CN3C(=O)CSC3=O)C(F)=C2)C1=Cc1cc(CN2CCOCC2)c[nH]1. The number of aromatic amines is 1. The number of nitrogens with zero attached hydrogens (tertiary/aromatic N) is 2. The van der Waals surface area contributed by atoms with Gasteiger partial charge in [0.15, 0.2) is 0 Å². The topological polar surface area (TPSA) is 94.7 Å². The second kappa shape index (κ2) is 8.68. The van der Waals surface area contributed by atoms with Gasteiger partial charge in [0.1, 0.15) is 5.83 Å². The van der Waals surface area contributed by atoms with Gasteiger partial charge in [-0.25, -0.2) is 4.39 Å². The van der Waals surface area contributed by atoms with Gasteiger partial charge in [0.2, 0.25) is 5.91 Å². The Hall–Kier alpha value is -2.69. The molecule has 10 heteroatoms. The fraction of sp³-hybridized carbons (Fsp3) is 0.409. The molecule has 168 valence electrons. The molecule has 1 aromatic heterocycles. The number of imide groups is 1. The average molecular weight is 459 g/mol. The Morgan fingerprint density at radius 1 is 1.25 bits per heavy atom. The van der Waals surface area contributed by atoms with Gasteiger partial charge in [-0.05, 0) is 35.8 Å². The van der Waals surface area contributed by atoms with Crippen LogP contribution in [0.15, 0.2) is 41.0 Å². The van der Waals surface area contributed by atoms with Crippen molar-refractivity contribution in [2.75, 3.05) is 38.6 Å². The highest BCUT2D eigenvalue weighted by molar-refractivity contribution is 8.14. The summed E-state index contributed by atoms with van der Waals surface area (Å²) in [6.07, 6.45) is 5.25. The number of rotatable bonds is 5. The first-order valence-corrected chi connectivity index (χ1v) is 11.5. The van der Waals surface area contributed by atoms with Crippen molar-refractivity contribution in [2.24, 2.45) is 5.92 Å². The zero-order valence-corrected chi connectivity index (χ0v) is 18.2. The standard InChI is InChI=1S/C22H23FN4O4S/c23-18-8-19-16(6-14(18)11-27-20(28)12-32-22(27)30)17(21(29)25-19)7-15-5-13(9-24-15)10-26-1-3-31-4-2-26/h5,7-9,14,24H,1-4,6,10-12H2,(H,25,29). The van der Waals surface area contributed by atoms with Crippen molar-refractivity contribution in [3.63, 3.8) is 0 Å². The molecule has 0 radical (unpaired) electrons. The predicted molar refractivity (Wildman–Crippen MR) is 117 cm³/mol. The lowest BCUT2D eigenvalue weighted by atomic mass is 9.88. The minimum absolute atomic E-state index is 0.0164. The van der Waals surface area contributed by atoms with E-state index in [-0.39, 0.29) is 35.8 Å². The average Bonchev–Trinajstić information content (AvgIpc) is 3.43. The first-order chi connectivity index (χ1) is 15.5. The highest BCUT2D eigenvalue weighted by atomic mass is 32.2. The molecule has 1 aromatic rings. The Kier molecular flexibility index (Phi) is 5.75. The molecule has 2 N–H and O–H groups in total. The van der Waals surface area contributed by atoms with Gasteiger partial charge in [-0.1, -0.05) is 11.8 Å². The Morgan fingerprint density at radius 2 is 2.06 bits per heavy atom. The smallest absolute Gasteiger partial charge is 0.288 e. The lowest BCUT2D eigenvalue weighted by Crippen LogP contribution is -2.35. The maximum Gasteiger partial charge on any atom is 0.288 e. The van der Waals surface area contributed by atoms with Gasteiger partial charge in [-0.15, -0.1) is 0 Å². The van der Waals surface area contributed by atoms with Crippen LogP contribution < -0.4 is 5.32 Å². The minimum atomic E-state index is -0.656. The molecule has 4 heterocycles. The quantitative estimate of drug-likeness (QED) is 0.657. The Labute approximate surface area is 188 Å². The van der Waals surface area contributed by atoms with Crippen LogP contribution in [-0.4, -0.2) is 70.4 Å². The molecule has 8 nitrogen and oxygen atoms in total. The summed E-state index contributed by atoms with van der Waals surface area (Å²) in [7, 11) is 0. The van der Waals surface area contributed by atoms with Gasteiger partial charge in [-0.2, -0.15) is 0 Å². The number of ether oxygens (including phenoxy) is 1. The van der Waals surface area contributed by atoms with E-state index >= 15 is 0 Å². The van der Waals surface area contributed by atoms with Gasteiger partial charge in [-0.3, -0.25) is 24.2 Å². The number of morpholine rings is 1. The molecule has 3 aliphatic heterocycles. The minimum Gasteiger partial charge on any atom is -0.379 e. The van der Waals surface area contributed by atoms with Gasteiger partial charge in [0.25, 0.3) is 11.1 Å². The number of halogens is 1. The molecule has 32 heavy (non-hydrogen) atoms. The number of carbonyl (C=O) groups excluding carboxylic acids is 3. The van der Waals surface area contributed by atoms with Gasteiger partial charge in [0.05, 0.1) is 19.0 Å². The lowest BCUT2D eigenvalue weighted by molar-refractivity contribution is -0.125. The number of carbonyl (C=O) groups is 3. The van der Waals surface area contributed by atoms with E-state index in [0.717, 1.165) is 60.8 Å². The number of hydrogen-bond donors (Lipinski definition) is 2. The molecule has 1 unspecified atom stereocenters. The number of thioether (sulfide) groups is 1. The van der Waals surface area contributed by atoms with Crippen LogP contribution in [0, 0.1) is 5.92 Å². The molecular formula is C22H23FN4O4S. The summed E-state index contributed by atoms with van der Waals surface area (Å²) in [5.41, 5.74) is 3.53. The van der Waals surface area contributed by atoms with Crippen molar-refractivity contribution in [3.8, 4) is 0 Å². The second-order valence-electron chi connectivity index (χ2n) is 8.25. The van der Waals surface area contributed by atoms with Crippen molar-refractivity contribution in [2.45, 2.75) is 13.0 Å². The maximum absolute atomic E-state index is 14.7. The Morgan fingerprint density at radius 3 is 2.81 bits per heavy atom. The van der Waals surface area contributed by atoms with Crippen LogP contribution in [0.3, 0.4) is 0 Å². The first kappa shape index (κ1) is 21.2. The van der Waals surface area contributed by atoms with E-state index < -0.39 is 11.7 Å². The highest BCUT2D eigenvalue weighted by Crippen LogP contribution is 2.38. The number of amides is 3. The zero-order chi connectivity index (χ0) is 22.2. The third-order valence-corrected chi connectivity index (χ3v) is 6.94. The lowest BCUT2D eigenvalue weighted by Gasteiger charge is -2.25. The predicted octanol–water partition coefficient (Wildman–Crippen LogP) is 2.18. The van der Waals surface area contributed by atoms with Gasteiger partial charge >= 0.3 is 0 Å². The number of aromatic nitrogens is 1. The summed E-state index contributed by atoms with van der Waals surface area (Å²) in [5.74, 6) is -1.58. The summed E-state index contributed by atoms with van der Waals surface area (Å²) in [4.78, 5) is 43.1. The molecule has 1 aliphatic carbocycles. The van der Waals surface area contributed by atoms with Gasteiger partial charge in [0, 0.05) is 55.3 Å². The van der Waals surface area contributed by atoms with Crippen molar-refractivity contribution in [1.29, 1.82) is 0 Å². The summed E-state index contributed by atoms with van der Waals surface area (Å²) in [6.45, 7) is 4.03. The van der Waals surface area contributed by atoms with E-state index in [9.17, 15) is 18.8 Å². The van der Waals surface area contributed by atoms with E-state index in [1.807, 2.05) is 12.3 Å². The van der Waals surface area contributed by atoms with E-state index in [4.69, 9.17) is 4.74 Å². The van der Waals surface area contributed by atoms with Gasteiger partial charge < -0.3 is 15.0 Å². The molecular weight excluding hydrogens is 435 g/mol. The number of nitrogens with one attached hydrogen (secondary N) is 2. The zero-order valence-electron chi connectivity index (χ0n) is 17.4. The molecule has 1 atom stereocenters. The van der Waals surface area contributed by atoms with Crippen molar-refractivity contribution < 1.29 is 23.5 Å². The molecule has 4 aliphatic rings. The first-order valence-electron chi connectivity index (χ1n) is 10.6. The molecule has 3 amide bonds. The van der Waals surface area contributed by atoms with Crippen LogP contribution in [0.4, 0.5) is 9.18 Å². The van der Waals surface area contributed by atoms with Crippen LogP contribution >= 0.6 is 11.8 Å². The summed E-state index contributed by atoms with van der Waals surface area (Å²) in [5, 5.41) is 2.38. The molecule has 2 fully saturated rings. The van der Waals surface area contributed by atoms with Crippen molar-refractivity contribution >= 4 is 34.9 Å². The fourth-order valence-electron chi connectivity index (χ4n) is 4.38. The normalized spacial score (nSPS) is 25.6. The monoisotopic (exact) mass is 458 g/mol. The molecule has 0 saturated carbocycles. The van der Waals surface area contributed by atoms with Crippen molar-refractivity contribution in [3.05, 3.63) is 52.3 Å². The van der Waals surface area contributed by atoms with E-state index in [2.05, 4.69) is 15.2 Å². The number of hydrogen-bond acceptors (Lipinski definition) is 6. The largest absolute Gasteiger partial charge is 0.379 e. The Balaban J connectivity index is 1.32.